The fraction of sp³-hybridized carbons (Fsp3) is 0.600. The molecule has 0 aromatic rings. The molecule has 68 valence electrons. The number of rotatable bonds is 2. The van der Waals surface area contributed by atoms with E-state index in [2.05, 4.69) is 18.3 Å². The molecular formula is C10H17NO. The van der Waals surface area contributed by atoms with Crippen LogP contribution in [0.2, 0.25) is 0 Å². The van der Waals surface area contributed by atoms with Gasteiger partial charge >= 0.3 is 0 Å². The molecule has 1 aliphatic heterocycles. The molecule has 2 heteroatoms. The van der Waals surface area contributed by atoms with Crippen molar-refractivity contribution in [2.45, 2.75) is 38.8 Å². The summed E-state index contributed by atoms with van der Waals surface area (Å²) in [6, 6.07) is 0.0393. The minimum atomic E-state index is -0.689. The maximum Gasteiger partial charge on any atom is 0.0827 e. The van der Waals surface area contributed by atoms with Gasteiger partial charge in [0.15, 0.2) is 0 Å². The zero-order valence-electron chi connectivity index (χ0n) is 7.96. The normalized spacial score (nSPS) is 23.3. The van der Waals surface area contributed by atoms with E-state index in [9.17, 15) is 5.11 Å². The molecule has 2 nitrogen and oxygen atoms in total. The van der Waals surface area contributed by atoms with Gasteiger partial charge in [-0.3, -0.25) is 0 Å². The SMILES string of the molecule is CCC1=CC(C(C)(C)O)NC=C1. The summed E-state index contributed by atoms with van der Waals surface area (Å²) in [5, 5.41) is 12.8. The van der Waals surface area contributed by atoms with Crippen LogP contribution < -0.4 is 5.32 Å². The van der Waals surface area contributed by atoms with Crippen molar-refractivity contribution in [3.8, 4) is 0 Å². The molecule has 1 unspecified atom stereocenters. The molecule has 1 heterocycles. The monoisotopic (exact) mass is 167 g/mol. The second-order valence-electron chi connectivity index (χ2n) is 3.73. The fourth-order valence-electron chi connectivity index (χ4n) is 1.22. The van der Waals surface area contributed by atoms with Gasteiger partial charge in [0, 0.05) is 0 Å². The molecule has 0 saturated carbocycles. The number of hydrogen-bond donors (Lipinski definition) is 2. The molecule has 0 saturated heterocycles. The van der Waals surface area contributed by atoms with Gasteiger partial charge in [-0.05, 0) is 38.1 Å². The molecule has 0 radical (unpaired) electrons. The summed E-state index contributed by atoms with van der Waals surface area (Å²) in [5.41, 5.74) is 0.589. The number of allylic oxidation sites excluding steroid dienone is 2. The lowest BCUT2D eigenvalue weighted by molar-refractivity contribution is 0.0582. The third kappa shape index (κ3) is 2.11. The summed E-state index contributed by atoms with van der Waals surface area (Å²) in [5.74, 6) is 0. The first-order valence-electron chi connectivity index (χ1n) is 4.39. The molecule has 0 aliphatic carbocycles. The lowest BCUT2D eigenvalue weighted by Gasteiger charge is -2.29. The van der Waals surface area contributed by atoms with E-state index in [0.717, 1.165) is 6.42 Å². The van der Waals surface area contributed by atoms with Crippen LogP contribution in [0.15, 0.2) is 23.9 Å². The maximum atomic E-state index is 9.71. The number of hydrogen-bond acceptors (Lipinski definition) is 2. The van der Waals surface area contributed by atoms with Gasteiger partial charge in [0.25, 0.3) is 0 Å². The molecule has 0 aromatic carbocycles. The highest BCUT2D eigenvalue weighted by Crippen LogP contribution is 2.16. The van der Waals surface area contributed by atoms with Gasteiger partial charge in [0.2, 0.25) is 0 Å². The Balaban J connectivity index is 2.72. The Morgan fingerprint density at radius 3 is 2.75 bits per heavy atom. The van der Waals surface area contributed by atoms with Gasteiger partial charge in [-0.15, -0.1) is 0 Å². The van der Waals surface area contributed by atoms with Crippen molar-refractivity contribution in [2.24, 2.45) is 0 Å². The van der Waals surface area contributed by atoms with Gasteiger partial charge < -0.3 is 10.4 Å². The first-order chi connectivity index (χ1) is 5.54. The molecule has 0 fully saturated rings. The molecule has 0 spiro atoms. The van der Waals surface area contributed by atoms with Crippen molar-refractivity contribution < 1.29 is 5.11 Å². The van der Waals surface area contributed by atoms with E-state index >= 15 is 0 Å². The number of dihydropyridines is 1. The highest BCUT2D eigenvalue weighted by molar-refractivity contribution is 5.26. The minimum absolute atomic E-state index is 0.0393. The molecule has 0 amide bonds. The van der Waals surface area contributed by atoms with Crippen molar-refractivity contribution in [1.82, 2.24) is 5.32 Å². The highest BCUT2D eigenvalue weighted by atomic mass is 16.3. The average Bonchev–Trinajstić information content (AvgIpc) is 2.03. The quantitative estimate of drug-likeness (QED) is 0.654. The third-order valence-electron chi connectivity index (χ3n) is 2.12. The minimum Gasteiger partial charge on any atom is -0.388 e. The molecule has 1 aliphatic rings. The van der Waals surface area contributed by atoms with Crippen molar-refractivity contribution in [1.29, 1.82) is 0 Å². The smallest absolute Gasteiger partial charge is 0.0827 e. The van der Waals surface area contributed by atoms with Crippen LogP contribution in [0.5, 0.6) is 0 Å². The molecular weight excluding hydrogens is 150 g/mol. The van der Waals surface area contributed by atoms with Crippen molar-refractivity contribution in [3.05, 3.63) is 23.9 Å². The van der Waals surface area contributed by atoms with Crippen LogP contribution in [-0.2, 0) is 0 Å². The topological polar surface area (TPSA) is 32.3 Å². The predicted octanol–water partition coefficient (Wildman–Crippen LogP) is 1.58. The second-order valence-corrected chi connectivity index (χ2v) is 3.73. The first-order valence-corrected chi connectivity index (χ1v) is 4.39. The summed E-state index contributed by atoms with van der Waals surface area (Å²) in [6.45, 7) is 5.74. The van der Waals surface area contributed by atoms with Gasteiger partial charge in [-0.1, -0.05) is 13.0 Å². The van der Waals surface area contributed by atoms with Gasteiger partial charge in [0.1, 0.15) is 0 Å². The van der Waals surface area contributed by atoms with E-state index < -0.39 is 5.60 Å². The Kier molecular flexibility index (Phi) is 2.58. The van der Waals surface area contributed by atoms with Crippen molar-refractivity contribution in [3.63, 3.8) is 0 Å². The van der Waals surface area contributed by atoms with Crippen LogP contribution in [0, 0.1) is 0 Å². The van der Waals surface area contributed by atoms with E-state index in [1.54, 1.807) is 0 Å². The Morgan fingerprint density at radius 2 is 2.25 bits per heavy atom. The molecule has 2 N–H and O–H groups in total. The van der Waals surface area contributed by atoms with Crippen LogP contribution in [0.4, 0.5) is 0 Å². The second kappa shape index (κ2) is 3.31. The Morgan fingerprint density at radius 1 is 1.58 bits per heavy atom. The first kappa shape index (κ1) is 9.33. The largest absolute Gasteiger partial charge is 0.388 e. The molecule has 0 bridgehead atoms. The van der Waals surface area contributed by atoms with E-state index in [-0.39, 0.29) is 6.04 Å². The standard InChI is InChI=1S/C10H17NO/c1-4-8-5-6-11-9(7-8)10(2,3)12/h5-7,9,11-12H,4H2,1-3H3. The van der Waals surface area contributed by atoms with Gasteiger partial charge in [0.05, 0.1) is 11.6 Å². The van der Waals surface area contributed by atoms with Crippen molar-refractivity contribution >= 4 is 0 Å². The summed E-state index contributed by atoms with van der Waals surface area (Å²) in [6.07, 6.45) is 7.05. The van der Waals surface area contributed by atoms with E-state index in [0.29, 0.717) is 0 Å². The van der Waals surface area contributed by atoms with Crippen LogP contribution >= 0.6 is 0 Å². The third-order valence-corrected chi connectivity index (χ3v) is 2.12. The van der Waals surface area contributed by atoms with Crippen LogP contribution in [-0.4, -0.2) is 16.7 Å². The van der Waals surface area contributed by atoms with Gasteiger partial charge in [-0.25, -0.2) is 0 Å². The molecule has 12 heavy (non-hydrogen) atoms. The van der Waals surface area contributed by atoms with Crippen molar-refractivity contribution in [2.75, 3.05) is 0 Å². The highest BCUT2D eigenvalue weighted by Gasteiger charge is 2.24. The average molecular weight is 167 g/mol. The molecule has 1 atom stereocenters. The lowest BCUT2D eigenvalue weighted by Crippen LogP contribution is -2.44. The van der Waals surface area contributed by atoms with Crippen LogP contribution in [0.1, 0.15) is 27.2 Å². The Hall–Kier alpha value is -0.760. The van der Waals surface area contributed by atoms with E-state index in [1.165, 1.54) is 5.57 Å². The number of aliphatic hydroxyl groups is 1. The summed E-state index contributed by atoms with van der Waals surface area (Å²) in [4.78, 5) is 0. The summed E-state index contributed by atoms with van der Waals surface area (Å²) >= 11 is 0. The summed E-state index contributed by atoms with van der Waals surface area (Å²) in [7, 11) is 0. The molecule has 0 aromatic heterocycles. The molecule has 1 rings (SSSR count). The maximum absolute atomic E-state index is 9.71. The van der Waals surface area contributed by atoms with E-state index in [1.807, 2.05) is 26.1 Å². The predicted molar refractivity (Wildman–Crippen MR) is 50.7 cm³/mol. The Bertz CT molecular complexity index is 210. The van der Waals surface area contributed by atoms with Crippen LogP contribution in [0.3, 0.4) is 0 Å². The van der Waals surface area contributed by atoms with Crippen LogP contribution in [0.25, 0.3) is 0 Å². The number of nitrogens with one attached hydrogen (secondary N) is 1. The van der Waals surface area contributed by atoms with E-state index in [4.69, 9.17) is 0 Å². The zero-order valence-corrected chi connectivity index (χ0v) is 7.96. The fourth-order valence-corrected chi connectivity index (χ4v) is 1.22. The lowest BCUT2D eigenvalue weighted by atomic mass is 9.94. The zero-order chi connectivity index (χ0) is 9.19. The van der Waals surface area contributed by atoms with Gasteiger partial charge in [-0.2, -0.15) is 0 Å². The summed E-state index contributed by atoms with van der Waals surface area (Å²) < 4.78 is 0. The Labute approximate surface area is 74.0 Å².